The first-order valence-corrected chi connectivity index (χ1v) is 9.90. The van der Waals surface area contributed by atoms with Crippen LogP contribution in [0.2, 0.25) is 0 Å². The largest absolute Gasteiger partial charge is 0.360 e. The number of carbonyl (C=O) groups is 2. The van der Waals surface area contributed by atoms with E-state index in [4.69, 9.17) is 0 Å². The summed E-state index contributed by atoms with van der Waals surface area (Å²) in [7, 11) is 0. The molecule has 0 spiro atoms. The second-order valence-corrected chi connectivity index (χ2v) is 8.44. The highest BCUT2D eigenvalue weighted by molar-refractivity contribution is 6.06. The van der Waals surface area contributed by atoms with Crippen LogP contribution in [0.3, 0.4) is 0 Å². The third-order valence-corrected chi connectivity index (χ3v) is 7.02. The van der Waals surface area contributed by atoms with Crippen LogP contribution in [0.25, 0.3) is 0 Å². The van der Waals surface area contributed by atoms with Gasteiger partial charge in [-0.05, 0) is 49.4 Å². The predicted octanol–water partition coefficient (Wildman–Crippen LogP) is 0.685. The van der Waals surface area contributed by atoms with Crippen LogP contribution in [0.5, 0.6) is 0 Å². The number of likely N-dealkylation sites (tertiary alicyclic amines) is 1. The molecule has 142 valence electrons. The zero-order chi connectivity index (χ0) is 18.7. The fourth-order valence-electron chi connectivity index (χ4n) is 5.61. The van der Waals surface area contributed by atoms with Crippen LogP contribution < -0.4 is 9.80 Å². The Bertz CT molecular complexity index is 813. The molecule has 0 unspecified atom stereocenters. The van der Waals surface area contributed by atoms with Crippen molar-refractivity contribution >= 4 is 17.5 Å². The van der Waals surface area contributed by atoms with Gasteiger partial charge in [-0.15, -0.1) is 0 Å². The van der Waals surface area contributed by atoms with E-state index in [1.54, 1.807) is 17.0 Å². The molecule has 2 aliphatic heterocycles. The highest BCUT2D eigenvalue weighted by Gasteiger charge is 2.61. The molecule has 1 aromatic carbocycles. The number of allylic oxidation sites excluding steroid dienone is 2. The van der Waals surface area contributed by atoms with Gasteiger partial charge < -0.3 is 9.80 Å². The number of halogens is 1. The molecular formula is C21H25FN3O2+. The summed E-state index contributed by atoms with van der Waals surface area (Å²) in [4.78, 5) is 30.9. The Hall–Kier alpha value is -2.21. The number of nitrogens with zero attached hydrogens (tertiary/aromatic N) is 2. The number of piperazine rings is 1. The molecule has 2 saturated heterocycles. The molecule has 6 heteroatoms. The standard InChI is InChI=1S/C21H24FN3O2/c1-13-10-14-11-17(13)19-18(14)20(26)25(21(19)27)12-23-6-8-24(9-7-23)16-4-2-15(22)3-5-16/h2-5,10,14,17-19H,6-9,11-12H2,1H3/p+1/t14-,17-,18-,19-/m1/s1. The summed E-state index contributed by atoms with van der Waals surface area (Å²) in [6.07, 6.45) is 3.20. The maximum atomic E-state index is 13.1. The van der Waals surface area contributed by atoms with Gasteiger partial charge in [0.1, 0.15) is 5.82 Å². The summed E-state index contributed by atoms with van der Waals surface area (Å²) in [6.45, 7) is 6.01. The van der Waals surface area contributed by atoms with Crippen LogP contribution >= 0.6 is 0 Å². The quantitative estimate of drug-likeness (QED) is 0.629. The number of rotatable bonds is 3. The highest BCUT2D eigenvalue weighted by atomic mass is 19.1. The first kappa shape index (κ1) is 16.9. The van der Waals surface area contributed by atoms with Gasteiger partial charge in [-0.25, -0.2) is 9.29 Å². The summed E-state index contributed by atoms with van der Waals surface area (Å²) < 4.78 is 13.1. The number of quaternary nitrogens is 1. The normalized spacial score (nSPS) is 33.0. The van der Waals surface area contributed by atoms with Crippen LogP contribution in [-0.2, 0) is 9.59 Å². The lowest BCUT2D eigenvalue weighted by atomic mass is 9.82. The van der Waals surface area contributed by atoms with Crippen LogP contribution in [0.15, 0.2) is 35.9 Å². The van der Waals surface area contributed by atoms with Crippen molar-refractivity contribution in [3.63, 3.8) is 0 Å². The number of hydrogen-bond donors (Lipinski definition) is 1. The maximum absolute atomic E-state index is 13.1. The van der Waals surface area contributed by atoms with Crippen molar-refractivity contribution in [2.75, 3.05) is 37.7 Å². The van der Waals surface area contributed by atoms with Gasteiger partial charge in [0.05, 0.1) is 38.0 Å². The summed E-state index contributed by atoms with van der Waals surface area (Å²) in [5.74, 6) is 0.225. The van der Waals surface area contributed by atoms with Crippen molar-refractivity contribution < 1.29 is 18.9 Å². The van der Waals surface area contributed by atoms with Gasteiger partial charge in [0.2, 0.25) is 11.8 Å². The second kappa shape index (κ2) is 6.16. The molecule has 0 aromatic heterocycles. The molecule has 2 aliphatic carbocycles. The number of imide groups is 1. The molecule has 5 nitrogen and oxygen atoms in total. The lowest BCUT2D eigenvalue weighted by Gasteiger charge is -2.35. The van der Waals surface area contributed by atoms with E-state index in [0.29, 0.717) is 6.67 Å². The number of nitrogens with one attached hydrogen (secondary N) is 1. The first-order chi connectivity index (χ1) is 13.0. The third-order valence-electron chi connectivity index (χ3n) is 7.02. The number of hydrogen-bond acceptors (Lipinski definition) is 3. The van der Waals surface area contributed by atoms with Gasteiger partial charge in [-0.2, -0.15) is 0 Å². The molecule has 1 saturated carbocycles. The topological polar surface area (TPSA) is 45.1 Å². The Labute approximate surface area is 158 Å². The van der Waals surface area contributed by atoms with Gasteiger partial charge in [0.15, 0.2) is 6.67 Å². The average Bonchev–Trinajstić information content (AvgIpc) is 3.30. The van der Waals surface area contributed by atoms with Gasteiger partial charge in [0.25, 0.3) is 0 Å². The number of fused-ring (bicyclic) bond motifs is 5. The lowest BCUT2D eigenvalue weighted by Crippen LogP contribution is -3.16. The van der Waals surface area contributed by atoms with E-state index in [0.717, 1.165) is 38.3 Å². The van der Waals surface area contributed by atoms with Crippen molar-refractivity contribution in [3.05, 3.63) is 41.7 Å². The summed E-state index contributed by atoms with van der Waals surface area (Å²) in [6, 6.07) is 6.58. The Morgan fingerprint density at radius 2 is 1.74 bits per heavy atom. The minimum Gasteiger partial charge on any atom is -0.360 e. The van der Waals surface area contributed by atoms with Crippen molar-refractivity contribution in [2.45, 2.75) is 13.3 Å². The molecule has 5 rings (SSSR count). The van der Waals surface area contributed by atoms with E-state index in [2.05, 4.69) is 17.9 Å². The molecular weight excluding hydrogens is 345 g/mol. The van der Waals surface area contributed by atoms with Gasteiger partial charge in [0, 0.05) is 5.69 Å². The molecule has 2 bridgehead atoms. The molecule has 1 aromatic rings. The van der Waals surface area contributed by atoms with Gasteiger partial charge in [-0.1, -0.05) is 11.6 Å². The SMILES string of the molecule is CC1=C[C@@H]2C[C@H]1[C@H]1C(=O)N(C[NH+]3CCN(c4ccc(F)cc4)CC3)C(=O)[C@@H]12. The number of benzene rings is 1. The maximum Gasteiger partial charge on any atom is 0.238 e. The Morgan fingerprint density at radius 3 is 2.44 bits per heavy atom. The average molecular weight is 370 g/mol. The van der Waals surface area contributed by atoms with Crippen LogP contribution in [0.4, 0.5) is 10.1 Å². The molecule has 3 fully saturated rings. The fourth-order valence-corrected chi connectivity index (χ4v) is 5.61. The number of anilines is 1. The first-order valence-electron chi connectivity index (χ1n) is 9.90. The van der Waals surface area contributed by atoms with Crippen LogP contribution in [-0.4, -0.2) is 49.6 Å². The zero-order valence-electron chi connectivity index (χ0n) is 15.5. The van der Waals surface area contributed by atoms with Crippen LogP contribution in [0, 0.1) is 29.5 Å². The summed E-state index contributed by atoms with van der Waals surface area (Å²) in [5.41, 5.74) is 2.32. The monoisotopic (exact) mass is 370 g/mol. The Kier molecular flexibility index (Phi) is 3.86. The van der Waals surface area contributed by atoms with Crippen molar-refractivity contribution in [1.82, 2.24) is 4.90 Å². The van der Waals surface area contributed by atoms with Gasteiger partial charge in [-0.3, -0.25) is 9.59 Å². The van der Waals surface area contributed by atoms with Crippen molar-refractivity contribution in [1.29, 1.82) is 0 Å². The molecule has 0 radical (unpaired) electrons. The van der Waals surface area contributed by atoms with Gasteiger partial charge >= 0.3 is 0 Å². The van der Waals surface area contributed by atoms with E-state index in [-0.39, 0.29) is 41.3 Å². The van der Waals surface area contributed by atoms with E-state index in [9.17, 15) is 14.0 Å². The highest BCUT2D eigenvalue weighted by Crippen LogP contribution is 2.55. The third kappa shape index (κ3) is 2.61. The second-order valence-electron chi connectivity index (χ2n) is 8.44. The van der Waals surface area contributed by atoms with Crippen molar-refractivity contribution in [3.8, 4) is 0 Å². The zero-order valence-corrected chi connectivity index (χ0v) is 15.5. The molecule has 1 N–H and O–H groups in total. The predicted molar refractivity (Wildman–Crippen MR) is 98.4 cm³/mol. The van der Waals surface area contributed by atoms with Crippen LogP contribution in [0.1, 0.15) is 13.3 Å². The minimum absolute atomic E-state index is 0.0507. The summed E-state index contributed by atoms with van der Waals surface area (Å²) >= 11 is 0. The van der Waals surface area contributed by atoms with E-state index < -0.39 is 0 Å². The fraction of sp³-hybridized carbons (Fsp3) is 0.524. The molecule has 2 amide bonds. The number of amides is 2. The minimum atomic E-state index is -0.224. The number of carbonyl (C=O) groups excluding carboxylic acids is 2. The van der Waals surface area contributed by atoms with E-state index >= 15 is 0 Å². The van der Waals surface area contributed by atoms with E-state index in [1.165, 1.54) is 22.6 Å². The molecule has 27 heavy (non-hydrogen) atoms. The lowest BCUT2D eigenvalue weighted by molar-refractivity contribution is -0.908. The van der Waals surface area contributed by atoms with Crippen molar-refractivity contribution in [2.24, 2.45) is 23.7 Å². The Morgan fingerprint density at radius 1 is 1.07 bits per heavy atom. The summed E-state index contributed by atoms with van der Waals surface area (Å²) in [5, 5.41) is 0. The molecule has 4 atom stereocenters. The molecule has 2 heterocycles. The Balaban J connectivity index is 1.22. The molecule has 4 aliphatic rings. The van der Waals surface area contributed by atoms with E-state index in [1.807, 2.05) is 0 Å². The smallest absolute Gasteiger partial charge is 0.238 e.